The van der Waals surface area contributed by atoms with Crippen molar-refractivity contribution in [2.75, 3.05) is 19.0 Å². The molecule has 1 rings (SSSR count). The number of aliphatic hydroxyl groups is 1. The predicted molar refractivity (Wildman–Crippen MR) is 66.3 cm³/mol. The summed E-state index contributed by atoms with van der Waals surface area (Å²) >= 11 is 0. The maximum Gasteiger partial charge on any atom is 0.313 e. The van der Waals surface area contributed by atoms with E-state index in [1.54, 1.807) is 24.3 Å². The summed E-state index contributed by atoms with van der Waals surface area (Å²) in [7, 11) is 1.51. The summed E-state index contributed by atoms with van der Waals surface area (Å²) < 4.78 is 4.99. The Kier molecular flexibility index (Phi) is 5.13. The Morgan fingerprint density at radius 3 is 2.72 bits per heavy atom. The molecule has 0 fully saturated rings. The van der Waals surface area contributed by atoms with Crippen molar-refractivity contribution in [1.29, 1.82) is 0 Å². The molecular formula is C12H16N2O4. The zero-order chi connectivity index (χ0) is 13.5. The van der Waals surface area contributed by atoms with E-state index in [2.05, 4.69) is 10.6 Å². The molecule has 1 atom stereocenters. The van der Waals surface area contributed by atoms with Gasteiger partial charge in [-0.3, -0.25) is 9.59 Å². The SMILES string of the molecule is COc1cccc(NC(=O)C(=O)NCC(C)O)c1. The zero-order valence-electron chi connectivity index (χ0n) is 10.3. The van der Waals surface area contributed by atoms with E-state index in [1.807, 2.05) is 0 Å². The van der Waals surface area contributed by atoms with Crippen LogP contribution in [0.15, 0.2) is 24.3 Å². The molecule has 1 aromatic rings. The summed E-state index contributed by atoms with van der Waals surface area (Å²) in [6.07, 6.45) is -0.696. The molecule has 0 aromatic heterocycles. The lowest BCUT2D eigenvalue weighted by molar-refractivity contribution is -0.136. The Morgan fingerprint density at radius 1 is 1.39 bits per heavy atom. The van der Waals surface area contributed by atoms with Crippen LogP contribution >= 0.6 is 0 Å². The van der Waals surface area contributed by atoms with Gasteiger partial charge in [-0.15, -0.1) is 0 Å². The number of rotatable bonds is 4. The highest BCUT2D eigenvalue weighted by Crippen LogP contribution is 2.16. The van der Waals surface area contributed by atoms with Gasteiger partial charge in [0.05, 0.1) is 13.2 Å². The van der Waals surface area contributed by atoms with Gasteiger partial charge < -0.3 is 20.5 Å². The number of nitrogens with one attached hydrogen (secondary N) is 2. The Bertz CT molecular complexity index is 432. The molecule has 0 saturated carbocycles. The van der Waals surface area contributed by atoms with Crippen LogP contribution in [-0.4, -0.2) is 36.7 Å². The molecule has 0 aliphatic rings. The summed E-state index contributed by atoms with van der Waals surface area (Å²) in [6, 6.07) is 6.66. The monoisotopic (exact) mass is 252 g/mol. The summed E-state index contributed by atoms with van der Waals surface area (Å²) in [5.41, 5.74) is 0.464. The van der Waals surface area contributed by atoms with Crippen LogP contribution < -0.4 is 15.4 Å². The van der Waals surface area contributed by atoms with E-state index in [0.29, 0.717) is 11.4 Å². The second-order valence-electron chi connectivity index (χ2n) is 3.75. The van der Waals surface area contributed by atoms with Crippen LogP contribution in [0.3, 0.4) is 0 Å². The zero-order valence-corrected chi connectivity index (χ0v) is 10.3. The van der Waals surface area contributed by atoms with Gasteiger partial charge in [0.15, 0.2) is 0 Å². The molecule has 3 N–H and O–H groups in total. The van der Waals surface area contributed by atoms with E-state index < -0.39 is 17.9 Å². The van der Waals surface area contributed by atoms with E-state index in [9.17, 15) is 9.59 Å². The minimum Gasteiger partial charge on any atom is -0.497 e. The van der Waals surface area contributed by atoms with E-state index in [0.717, 1.165) is 0 Å². The molecule has 98 valence electrons. The highest BCUT2D eigenvalue weighted by atomic mass is 16.5. The number of anilines is 1. The lowest BCUT2D eigenvalue weighted by atomic mass is 10.3. The van der Waals surface area contributed by atoms with Crippen molar-refractivity contribution in [1.82, 2.24) is 5.32 Å². The maximum absolute atomic E-state index is 11.5. The largest absolute Gasteiger partial charge is 0.497 e. The van der Waals surface area contributed by atoms with Gasteiger partial charge in [-0.05, 0) is 19.1 Å². The molecule has 6 heteroatoms. The molecule has 0 spiro atoms. The minimum absolute atomic E-state index is 0.0321. The maximum atomic E-state index is 11.5. The number of carbonyl (C=O) groups is 2. The third-order valence-corrected chi connectivity index (χ3v) is 2.09. The molecule has 0 radical (unpaired) electrons. The van der Waals surface area contributed by atoms with Crippen molar-refractivity contribution in [3.63, 3.8) is 0 Å². The van der Waals surface area contributed by atoms with Gasteiger partial charge in [-0.1, -0.05) is 6.07 Å². The number of hydrogen-bond acceptors (Lipinski definition) is 4. The van der Waals surface area contributed by atoms with Crippen molar-refractivity contribution >= 4 is 17.5 Å². The lowest BCUT2D eigenvalue weighted by Crippen LogP contribution is -2.38. The van der Waals surface area contributed by atoms with Crippen LogP contribution in [0.2, 0.25) is 0 Å². The number of amides is 2. The van der Waals surface area contributed by atoms with Gasteiger partial charge in [-0.2, -0.15) is 0 Å². The molecule has 18 heavy (non-hydrogen) atoms. The summed E-state index contributed by atoms with van der Waals surface area (Å²) in [6.45, 7) is 1.55. The standard InChI is InChI=1S/C12H16N2O4/c1-8(15)7-13-11(16)12(17)14-9-4-3-5-10(6-9)18-2/h3-6,8,15H,7H2,1-2H3,(H,13,16)(H,14,17). The van der Waals surface area contributed by atoms with Gasteiger partial charge in [0.2, 0.25) is 0 Å². The van der Waals surface area contributed by atoms with Gasteiger partial charge in [-0.25, -0.2) is 0 Å². The second kappa shape index (κ2) is 6.61. The van der Waals surface area contributed by atoms with Gasteiger partial charge >= 0.3 is 11.8 Å². The third kappa shape index (κ3) is 4.42. The van der Waals surface area contributed by atoms with Crippen molar-refractivity contribution in [2.45, 2.75) is 13.0 Å². The summed E-state index contributed by atoms with van der Waals surface area (Å²) in [4.78, 5) is 22.8. The molecular weight excluding hydrogens is 236 g/mol. The van der Waals surface area contributed by atoms with E-state index in [1.165, 1.54) is 14.0 Å². The first-order chi connectivity index (χ1) is 8.52. The first-order valence-corrected chi connectivity index (χ1v) is 5.44. The van der Waals surface area contributed by atoms with E-state index in [4.69, 9.17) is 9.84 Å². The Hall–Kier alpha value is -2.08. The second-order valence-corrected chi connectivity index (χ2v) is 3.75. The Labute approximate surface area is 105 Å². The molecule has 0 saturated heterocycles. The summed E-state index contributed by atoms with van der Waals surface area (Å²) in [5, 5.41) is 13.7. The molecule has 0 aliphatic carbocycles. The average Bonchev–Trinajstić information content (AvgIpc) is 2.36. The van der Waals surface area contributed by atoms with Gasteiger partial charge in [0, 0.05) is 18.3 Å². The number of benzene rings is 1. The highest BCUT2D eigenvalue weighted by Gasteiger charge is 2.13. The number of carbonyl (C=O) groups excluding carboxylic acids is 2. The normalized spacial score (nSPS) is 11.5. The van der Waals surface area contributed by atoms with Gasteiger partial charge in [0.1, 0.15) is 5.75 Å². The molecule has 0 heterocycles. The molecule has 2 amide bonds. The molecule has 1 unspecified atom stereocenters. The molecule has 0 aliphatic heterocycles. The van der Waals surface area contributed by atoms with Crippen molar-refractivity contribution < 1.29 is 19.4 Å². The van der Waals surface area contributed by atoms with E-state index >= 15 is 0 Å². The lowest BCUT2D eigenvalue weighted by Gasteiger charge is -2.08. The van der Waals surface area contributed by atoms with Crippen molar-refractivity contribution in [3.8, 4) is 5.75 Å². The Balaban J connectivity index is 2.55. The van der Waals surface area contributed by atoms with Crippen LogP contribution in [0.25, 0.3) is 0 Å². The minimum atomic E-state index is -0.793. The fourth-order valence-corrected chi connectivity index (χ4v) is 1.21. The van der Waals surface area contributed by atoms with Crippen LogP contribution in [0, 0.1) is 0 Å². The third-order valence-electron chi connectivity index (χ3n) is 2.09. The predicted octanol–water partition coefficient (Wildman–Crippen LogP) is 0.131. The van der Waals surface area contributed by atoms with Crippen LogP contribution in [-0.2, 0) is 9.59 Å². The molecule has 1 aromatic carbocycles. The number of aliphatic hydroxyl groups excluding tert-OH is 1. The smallest absolute Gasteiger partial charge is 0.313 e. The molecule has 0 bridgehead atoms. The van der Waals surface area contributed by atoms with Crippen molar-refractivity contribution in [2.24, 2.45) is 0 Å². The molecule has 6 nitrogen and oxygen atoms in total. The first-order valence-electron chi connectivity index (χ1n) is 5.44. The van der Waals surface area contributed by atoms with Crippen molar-refractivity contribution in [3.05, 3.63) is 24.3 Å². The fraction of sp³-hybridized carbons (Fsp3) is 0.333. The first kappa shape index (κ1) is 14.0. The quantitative estimate of drug-likeness (QED) is 0.665. The van der Waals surface area contributed by atoms with Crippen LogP contribution in [0.1, 0.15) is 6.92 Å². The van der Waals surface area contributed by atoms with Crippen LogP contribution in [0.4, 0.5) is 5.69 Å². The Morgan fingerprint density at radius 2 is 2.11 bits per heavy atom. The highest BCUT2D eigenvalue weighted by molar-refractivity contribution is 6.39. The average molecular weight is 252 g/mol. The topological polar surface area (TPSA) is 87.7 Å². The van der Waals surface area contributed by atoms with Crippen LogP contribution in [0.5, 0.6) is 5.75 Å². The fourth-order valence-electron chi connectivity index (χ4n) is 1.21. The van der Waals surface area contributed by atoms with E-state index in [-0.39, 0.29) is 6.54 Å². The van der Waals surface area contributed by atoms with Gasteiger partial charge in [0.25, 0.3) is 0 Å². The number of methoxy groups -OCH3 is 1. The summed E-state index contributed by atoms with van der Waals surface area (Å²) in [5.74, 6) is -1.00. The number of hydrogen-bond donors (Lipinski definition) is 3. The number of ether oxygens (including phenoxy) is 1.